The first-order valence-electron chi connectivity index (χ1n) is 6.46. The zero-order valence-corrected chi connectivity index (χ0v) is 10.1. The average Bonchev–Trinajstić information content (AvgIpc) is 2.77. The predicted octanol–water partition coefficient (Wildman–Crippen LogP) is 0.324. The van der Waals surface area contributed by atoms with Gasteiger partial charge in [0.15, 0.2) is 0 Å². The third kappa shape index (κ3) is 2.38. The highest BCUT2D eigenvalue weighted by atomic mass is 16.1. The van der Waals surface area contributed by atoms with E-state index in [1.807, 2.05) is 6.92 Å². The second kappa shape index (κ2) is 5.15. The normalized spacial score (nSPS) is 33.8. The van der Waals surface area contributed by atoms with Crippen LogP contribution in [0.25, 0.3) is 0 Å². The van der Waals surface area contributed by atoms with Crippen molar-refractivity contribution in [3.05, 3.63) is 0 Å². The Morgan fingerprint density at radius 2 is 2.25 bits per heavy atom. The first kappa shape index (κ1) is 11.9. The lowest BCUT2D eigenvalue weighted by Gasteiger charge is -2.36. The van der Waals surface area contributed by atoms with Crippen molar-refractivity contribution in [2.24, 2.45) is 11.7 Å². The number of rotatable bonds is 3. The molecule has 0 aromatic heterocycles. The van der Waals surface area contributed by atoms with E-state index < -0.39 is 0 Å². The number of primary amides is 1. The molecule has 0 aromatic rings. The van der Waals surface area contributed by atoms with Crippen LogP contribution in [0.2, 0.25) is 0 Å². The number of amides is 1. The Labute approximate surface area is 97.6 Å². The molecule has 92 valence electrons. The summed E-state index contributed by atoms with van der Waals surface area (Å²) in [5, 5.41) is 3.46. The molecule has 0 spiro atoms. The summed E-state index contributed by atoms with van der Waals surface area (Å²) in [6.07, 6.45) is 4.99. The van der Waals surface area contributed by atoms with Gasteiger partial charge in [-0.3, -0.25) is 9.69 Å². The lowest BCUT2D eigenvalue weighted by molar-refractivity contribution is -0.123. The fraction of sp³-hybridized carbons (Fsp3) is 0.917. The maximum Gasteiger partial charge on any atom is 0.234 e. The average molecular weight is 225 g/mol. The van der Waals surface area contributed by atoms with E-state index in [1.165, 1.54) is 25.7 Å². The van der Waals surface area contributed by atoms with Gasteiger partial charge >= 0.3 is 0 Å². The molecule has 3 atom stereocenters. The predicted molar refractivity (Wildman–Crippen MR) is 64.0 cm³/mol. The summed E-state index contributed by atoms with van der Waals surface area (Å²) in [7, 11) is 0. The third-order valence-electron chi connectivity index (χ3n) is 4.13. The van der Waals surface area contributed by atoms with Crippen LogP contribution in [0.4, 0.5) is 0 Å². The van der Waals surface area contributed by atoms with E-state index in [0.717, 1.165) is 19.6 Å². The van der Waals surface area contributed by atoms with Gasteiger partial charge in [0.05, 0.1) is 6.04 Å². The minimum atomic E-state index is -0.185. The molecule has 0 radical (unpaired) electrons. The number of likely N-dealkylation sites (tertiary alicyclic amines) is 1. The Balaban J connectivity index is 1.99. The van der Waals surface area contributed by atoms with E-state index in [-0.39, 0.29) is 11.9 Å². The second-order valence-electron chi connectivity index (χ2n) is 5.13. The Morgan fingerprint density at radius 1 is 1.44 bits per heavy atom. The minimum Gasteiger partial charge on any atom is -0.368 e. The maximum atomic E-state index is 11.3. The first-order valence-corrected chi connectivity index (χ1v) is 6.46. The van der Waals surface area contributed by atoms with Crippen LogP contribution in [0.15, 0.2) is 0 Å². The van der Waals surface area contributed by atoms with E-state index in [0.29, 0.717) is 12.0 Å². The van der Waals surface area contributed by atoms with Crippen LogP contribution in [-0.2, 0) is 4.79 Å². The van der Waals surface area contributed by atoms with Gasteiger partial charge in [-0.15, -0.1) is 0 Å². The molecule has 3 unspecified atom stereocenters. The lowest BCUT2D eigenvalue weighted by atomic mass is 9.89. The fourth-order valence-corrected chi connectivity index (χ4v) is 3.17. The topological polar surface area (TPSA) is 58.4 Å². The van der Waals surface area contributed by atoms with Crippen LogP contribution in [-0.4, -0.2) is 42.5 Å². The molecular weight excluding hydrogens is 202 g/mol. The minimum absolute atomic E-state index is 0.102. The summed E-state index contributed by atoms with van der Waals surface area (Å²) in [6.45, 7) is 5.23. The lowest BCUT2D eigenvalue weighted by Crippen LogP contribution is -2.50. The number of nitrogens with two attached hydrogens (primary N) is 1. The Hall–Kier alpha value is -0.610. The largest absolute Gasteiger partial charge is 0.368 e. The summed E-state index contributed by atoms with van der Waals surface area (Å²) in [5.41, 5.74) is 5.41. The molecular formula is C12H23N3O. The van der Waals surface area contributed by atoms with Gasteiger partial charge in [-0.05, 0) is 58.2 Å². The number of nitrogens with one attached hydrogen (secondary N) is 1. The van der Waals surface area contributed by atoms with Crippen molar-refractivity contribution in [2.45, 2.75) is 44.7 Å². The van der Waals surface area contributed by atoms with Gasteiger partial charge in [0.25, 0.3) is 0 Å². The van der Waals surface area contributed by atoms with Crippen LogP contribution in [0.5, 0.6) is 0 Å². The molecule has 2 aliphatic heterocycles. The molecule has 0 aromatic carbocycles. The quantitative estimate of drug-likeness (QED) is 0.727. The van der Waals surface area contributed by atoms with Crippen molar-refractivity contribution < 1.29 is 4.79 Å². The molecule has 2 rings (SSSR count). The van der Waals surface area contributed by atoms with Gasteiger partial charge < -0.3 is 11.1 Å². The van der Waals surface area contributed by atoms with E-state index in [4.69, 9.17) is 5.73 Å². The van der Waals surface area contributed by atoms with Crippen molar-refractivity contribution >= 4 is 5.91 Å². The summed E-state index contributed by atoms with van der Waals surface area (Å²) in [6, 6.07) is 0.463. The van der Waals surface area contributed by atoms with Crippen molar-refractivity contribution in [1.29, 1.82) is 0 Å². The second-order valence-corrected chi connectivity index (χ2v) is 5.13. The van der Waals surface area contributed by atoms with Gasteiger partial charge in [-0.1, -0.05) is 0 Å². The van der Waals surface area contributed by atoms with E-state index in [1.54, 1.807) is 0 Å². The fourth-order valence-electron chi connectivity index (χ4n) is 3.17. The van der Waals surface area contributed by atoms with E-state index >= 15 is 0 Å². The summed E-state index contributed by atoms with van der Waals surface area (Å²) in [5.74, 6) is 0.522. The zero-order chi connectivity index (χ0) is 11.5. The number of hydrogen-bond donors (Lipinski definition) is 2. The Kier molecular flexibility index (Phi) is 3.82. The molecule has 2 fully saturated rings. The molecule has 16 heavy (non-hydrogen) atoms. The van der Waals surface area contributed by atoms with Crippen LogP contribution in [0, 0.1) is 5.92 Å². The first-order chi connectivity index (χ1) is 7.70. The van der Waals surface area contributed by atoms with Gasteiger partial charge in [-0.2, -0.15) is 0 Å². The van der Waals surface area contributed by atoms with E-state index in [2.05, 4.69) is 10.2 Å². The number of piperidine rings is 1. The van der Waals surface area contributed by atoms with Gasteiger partial charge in [-0.25, -0.2) is 0 Å². The van der Waals surface area contributed by atoms with Crippen LogP contribution >= 0.6 is 0 Å². The number of carbonyl (C=O) groups is 1. The maximum absolute atomic E-state index is 11.3. The molecule has 0 saturated carbocycles. The monoisotopic (exact) mass is 225 g/mol. The van der Waals surface area contributed by atoms with Gasteiger partial charge in [0, 0.05) is 6.04 Å². The van der Waals surface area contributed by atoms with Crippen LogP contribution in [0.3, 0.4) is 0 Å². The standard InChI is InChI=1S/C12H23N3O/c1-9(12(13)16)15-7-3-5-11(15)10-4-2-6-14-8-10/h9-11,14H,2-8H2,1H3,(H2,13,16). The summed E-state index contributed by atoms with van der Waals surface area (Å²) >= 11 is 0. The smallest absolute Gasteiger partial charge is 0.234 e. The van der Waals surface area contributed by atoms with Crippen molar-refractivity contribution in [2.75, 3.05) is 19.6 Å². The summed E-state index contributed by atoms with van der Waals surface area (Å²) < 4.78 is 0. The zero-order valence-electron chi connectivity index (χ0n) is 10.1. The Bertz CT molecular complexity index is 251. The van der Waals surface area contributed by atoms with Crippen LogP contribution < -0.4 is 11.1 Å². The highest BCUT2D eigenvalue weighted by Gasteiger charge is 2.36. The summed E-state index contributed by atoms with van der Waals surface area (Å²) in [4.78, 5) is 13.6. The molecule has 2 saturated heterocycles. The van der Waals surface area contributed by atoms with Crippen molar-refractivity contribution in [1.82, 2.24) is 10.2 Å². The Morgan fingerprint density at radius 3 is 2.88 bits per heavy atom. The molecule has 0 bridgehead atoms. The van der Waals surface area contributed by atoms with Gasteiger partial charge in [0.1, 0.15) is 0 Å². The van der Waals surface area contributed by atoms with Crippen molar-refractivity contribution in [3.8, 4) is 0 Å². The number of hydrogen-bond acceptors (Lipinski definition) is 3. The molecule has 4 nitrogen and oxygen atoms in total. The third-order valence-corrected chi connectivity index (χ3v) is 4.13. The highest BCUT2D eigenvalue weighted by Crippen LogP contribution is 2.29. The molecule has 3 N–H and O–H groups in total. The SMILES string of the molecule is CC(C(N)=O)N1CCCC1C1CCCNC1. The van der Waals surface area contributed by atoms with Gasteiger partial charge in [0.2, 0.25) is 5.91 Å². The molecule has 4 heteroatoms. The molecule has 2 heterocycles. The molecule has 0 aliphatic carbocycles. The molecule has 1 amide bonds. The van der Waals surface area contributed by atoms with Crippen LogP contribution in [0.1, 0.15) is 32.6 Å². The van der Waals surface area contributed by atoms with Crippen molar-refractivity contribution in [3.63, 3.8) is 0 Å². The number of carbonyl (C=O) groups excluding carboxylic acids is 1. The highest BCUT2D eigenvalue weighted by molar-refractivity contribution is 5.79. The number of nitrogens with zero attached hydrogens (tertiary/aromatic N) is 1. The van der Waals surface area contributed by atoms with E-state index in [9.17, 15) is 4.79 Å². The molecule has 2 aliphatic rings.